The van der Waals surface area contributed by atoms with Crippen LogP contribution in [0.2, 0.25) is 0 Å². The molecule has 1 heterocycles. The number of hydrogen-bond acceptors (Lipinski definition) is 5. The quantitative estimate of drug-likeness (QED) is 0.202. The summed E-state index contributed by atoms with van der Waals surface area (Å²) in [5, 5.41) is 3.65. The van der Waals surface area contributed by atoms with Crippen LogP contribution in [0.3, 0.4) is 0 Å². The van der Waals surface area contributed by atoms with E-state index in [-0.39, 0.29) is 19.7 Å². The van der Waals surface area contributed by atoms with Gasteiger partial charge in [-0.05, 0) is 23.4 Å². The molecule has 0 aromatic heterocycles. The summed E-state index contributed by atoms with van der Waals surface area (Å²) in [6.07, 6.45) is 1.90. The number of nitrogens with zero attached hydrogens (tertiary/aromatic N) is 4. The van der Waals surface area contributed by atoms with Gasteiger partial charge in [0, 0.05) is 18.0 Å². The Morgan fingerprint density at radius 1 is 1.50 bits per heavy atom. The topological polar surface area (TPSA) is 112 Å². The second kappa shape index (κ2) is 7.96. The first-order valence-corrected chi connectivity index (χ1v) is 8.44. The van der Waals surface area contributed by atoms with Crippen LogP contribution in [-0.4, -0.2) is 37.3 Å². The molecule has 128 valence electrons. The summed E-state index contributed by atoms with van der Waals surface area (Å²) < 4.78 is 29.0. The largest absolute Gasteiger partial charge is 0.460 e. The highest BCUT2D eigenvalue weighted by atomic mass is 32.2. The number of allylic oxidation sites excluding steroid dienone is 1. The minimum Gasteiger partial charge on any atom is -0.460 e. The summed E-state index contributed by atoms with van der Waals surface area (Å²) in [7, 11) is -2.88. The minimum absolute atomic E-state index is 0.0205. The first-order valence-electron chi connectivity index (χ1n) is 7.31. The lowest BCUT2D eigenvalue weighted by Gasteiger charge is -2.26. The highest BCUT2D eigenvalue weighted by molar-refractivity contribution is 7.69. The Morgan fingerprint density at radius 2 is 2.21 bits per heavy atom. The third-order valence-electron chi connectivity index (χ3n) is 4.00. The van der Waals surface area contributed by atoms with Crippen LogP contribution in [0.1, 0.15) is 12.0 Å². The molecule has 2 rings (SSSR count). The maximum Gasteiger partial charge on any atom is 0.320 e. The van der Waals surface area contributed by atoms with Gasteiger partial charge >= 0.3 is 5.97 Å². The van der Waals surface area contributed by atoms with Crippen molar-refractivity contribution in [1.29, 1.82) is 0 Å². The Kier molecular flexibility index (Phi) is 5.97. The van der Waals surface area contributed by atoms with Crippen molar-refractivity contribution in [2.45, 2.75) is 18.6 Å². The summed E-state index contributed by atoms with van der Waals surface area (Å²) in [5.41, 5.74) is 8.10. The third kappa shape index (κ3) is 3.76. The van der Waals surface area contributed by atoms with E-state index >= 15 is 0 Å². The highest BCUT2D eigenvalue weighted by Crippen LogP contribution is 2.36. The van der Waals surface area contributed by atoms with Crippen molar-refractivity contribution in [3.8, 4) is 0 Å². The van der Waals surface area contributed by atoms with Gasteiger partial charge in [0.05, 0.1) is 0 Å². The van der Waals surface area contributed by atoms with Gasteiger partial charge in [-0.2, -0.15) is 0 Å². The maximum absolute atomic E-state index is 12.6. The number of rotatable bonds is 7. The molecule has 1 aromatic carbocycles. The molecule has 0 radical (unpaired) electrons. The molecule has 1 saturated heterocycles. The van der Waals surface area contributed by atoms with Gasteiger partial charge in [-0.1, -0.05) is 41.5 Å². The van der Waals surface area contributed by atoms with Crippen LogP contribution in [0, 0.1) is 5.92 Å². The van der Waals surface area contributed by atoms with Crippen molar-refractivity contribution < 1.29 is 17.9 Å². The molecule has 0 aliphatic carbocycles. The van der Waals surface area contributed by atoms with Crippen molar-refractivity contribution >= 4 is 16.9 Å². The number of benzene rings is 1. The van der Waals surface area contributed by atoms with Crippen molar-refractivity contribution in [1.82, 2.24) is 4.31 Å². The number of carbonyl (C=O) groups is 1. The minimum atomic E-state index is -2.88. The molecule has 0 amide bonds. The van der Waals surface area contributed by atoms with Crippen LogP contribution in [0.5, 0.6) is 0 Å². The smallest absolute Gasteiger partial charge is 0.320 e. The summed E-state index contributed by atoms with van der Waals surface area (Å²) >= 11 is 0. The van der Waals surface area contributed by atoms with E-state index in [1.54, 1.807) is 18.2 Å². The Bertz CT molecular complexity index is 722. The summed E-state index contributed by atoms with van der Waals surface area (Å²) in [6, 6.07) is 9.06. The summed E-state index contributed by atoms with van der Waals surface area (Å²) in [4.78, 5) is 15.4. The third-order valence-corrected chi connectivity index (χ3v) is 4.77. The van der Waals surface area contributed by atoms with Crippen LogP contribution < -0.4 is 0 Å². The molecule has 0 bridgehead atoms. The van der Waals surface area contributed by atoms with Gasteiger partial charge in [0.1, 0.15) is 6.61 Å². The number of thiol groups is 1. The molecule has 9 heteroatoms. The van der Waals surface area contributed by atoms with Gasteiger partial charge in [-0.25, -0.2) is 12.7 Å². The van der Waals surface area contributed by atoms with Gasteiger partial charge in [-0.3, -0.25) is 4.79 Å². The lowest BCUT2D eigenvalue weighted by molar-refractivity contribution is -0.152. The molecule has 8 nitrogen and oxygen atoms in total. The van der Waals surface area contributed by atoms with Gasteiger partial charge in [0.2, 0.25) is 10.9 Å². The van der Waals surface area contributed by atoms with Crippen LogP contribution in [0.15, 0.2) is 48.1 Å². The van der Waals surface area contributed by atoms with E-state index < -0.39 is 28.3 Å². The zero-order valence-corrected chi connectivity index (χ0v) is 13.8. The second-order valence-electron chi connectivity index (χ2n) is 5.48. The Balaban J connectivity index is 2.25. The molecule has 0 saturated carbocycles. The molecule has 2 atom stereocenters. The maximum atomic E-state index is 12.6. The lowest BCUT2D eigenvalue weighted by atomic mass is 9.85. The zero-order valence-electron chi connectivity index (χ0n) is 12.9. The molecule has 0 unspecified atom stereocenters. The van der Waals surface area contributed by atoms with Gasteiger partial charge in [0.15, 0.2) is 5.54 Å². The highest BCUT2D eigenvalue weighted by Gasteiger charge is 2.53. The molecule has 1 fully saturated rings. The van der Waals surface area contributed by atoms with E-state index in [9.17, 15) is 13.2 Å². The molecule has 24 heavy (non-hydrogen) atoms. The van der Waals surface area contributed by atoms with E-state index in [0.717, 1.165) is 9.87 Å². The van der Waals surface area contributed by atoms with Crippen LogP contribution in [-0.2, 0) is 27.0 Å². The molecule has 1 aliphatic heterocycles. The summed E-state index contributed by atoms with van der Waals surface area (Å²) in [6.45, 7) is 3.50. The predicted octanol–water partition coefficient (Wildman–Crippen LogP) is 1.81. The van der Waals surface area contributed by atoms with Gasteiger partial charge < -0.3 is 4.74 Å². The number of ether oxygens (including phenoxy) is 1. The van der Waals surface area contributed by atoms with Crippen molar-refractivity contribution in [2.75, 3.05) is 13.1 Å². The molecule has 0 spiro atoms. The van der Waals surface area contributed by atoms with Crippen molar-refractivity contribution in [3.05, 3.63) is 59.0 Å². The van der Waals surface area contributed by atoms with E-state index in [1.807, 2.05) is 18.2 Å². The number of carbonyl (C=O) groups excluding carboxylic acids is 1. The Labute approximate surface area is 141 Å². The normalized spacial score (nSPS) is 23.6. The predicted molar refractivity (Wildman–Crippen MR) is 88.3 cm³/mol. The van der Waals surface area contributed by atoms with E-state index in [4.69, 9.17) is 10.3 Å². The Hall–Kier alpha value is -2.35. The van der Waals surface area contributed by atoms with E-state index in [1.165, 1.54) is 0 Å². The zero-order chi connectivity index (χ0) is 17.6. The van der Waals surface area contributed by atoms with Gasteiger partial charge in [-0.15, -0.1) is 6.58 Å². The lowest BCUT2D eigenvalue weighted by Crippen LogP contribution is -2.45. The van der Waals surface area contributed by atoms with Crippen LogP contribution in [0.4, 0.5) is 0 Å². The fourth-order valence-electron chi connectivity index (χ4n) is 2.79. The van der Waals surface area contributed by atoms with Crippen molar-refractivity contribution in [2.24, 2.45) is 11.0 Å². The van der Waals surface area contributed by atoms with Crippen LogP contribution in [0.25, 0.3) is 10.4 Å². The number of esters is 1. The molecular formula is C15H18N4O4S. The second-order valence-corrected chi connectivity index (χ2v) is 6.52. The van der Waals surface area contributed by atoms with E-state index in [2.05, 4.69) is 16.6 Å². The molecule has 1 aromatic rings. The molecule has 0 N–H and O–H groups in total. The number of hydrogen-bond donors (Lipinski definition) is 1. The van der Waals surface area contributed by atoms with Crippen LogP contribution >= 0.6 is 0 Å². The fraction of sp³-hybridized carbons (Fsp3) is 0.400. The monoisotopic (exact) mass is 350 g/mol. The molecule has 1 aliphatic rings. The van der Waals surface area contributed by atoms with E-state index in [0.29, 0.717) is 6.42 Å². The summed E-state index contributed by atoms with van der Waals surface area (Å²) in [5.74, 6) is -1.24. The van der Waals surface area contributed by atoms with Crippen molar-refractivity contribution in [3.63, 3.8) is 0 Å². The first kappa shape index (κ1) is 18.0. The fourth-order valence-corrected chi connectivity index (χ4v) is 3.45. The average molecular weight is 350 g/mol. The SMILES string of the molecule is C=CC[C@H]1CN([SH](=O)=O)C[C@@]1(N=[N+]=[N-])C(=O)OCc1ccccc1. The average Bonchev–Trinajstić information content (AvgIpc) is 2.94. The van der Waals surface area contributed by atoms with Gasteiger partial charge in [0.25, 0.3) is 0 Å². The Morgan fingerprint density at radius 3 is 2.79 bits per heavy atom. The standard InChI is InChI=1S/C15H18N4O4S/c1-2-6-13-9-19(24(21)22)11-15(13,17-18-16)14(20)23-10-12-7-4-3-5-8-12/h2-5,7-8,13,24H,1,6,9-11H2/t13-,15-/m0/s1. The number of azide groups is 1. The molecular weight excluding hydrogens is 332 g/mol. The first-order chi connectivity index (χ1) is 11.5.